The van der Waals surface area contributed by atoms with Crippen molar-refractivity contribution in [3.8, 4) is 0 Å². The number of nitrogens with zero attached hydrogens (tertiary/aromatic N) is 1. The molecule has 0 bridgehead atoms. The lowest BCUT2D eigenvalue weighted by Gasteiger charge is -2.19. The van der Waals surface area contributed by atoms with Crippen LogP contribution in [0.25, 0.3) is 0 Å². The fourth-order valence-electron chi connectivity index (χ4n) is 1.86. The molecular weight excluding hydrogens is 217 g/mol. The van der Waals surface area contributed by atoms with Crippen LogP contribution in [0.1, 0.15) is 37.0 Å². The van der Waals surface area contributed by atoms with Crippen LogP contribution >= 0.6 is 0 Å². The summed E-state index contributed by atoms with van der Waals surface area (Å²) in [6, 6.07) is 5.90. The van der Waals surface area contributed by atoms with Crippen LogP contribution in [-0.2, 0) is 0 Å². The summed E-state index contributed by atoms with van der Waals surface area (Å²) in [5.74, 6) is -0.361. The van der Waals surface area contributed by atoms with Crippen LogP contribution < -0.4 is 0 Å². The molecule has 3 heteroatoms. The Morgan fingerprint density at radius 1 is 1.24 bits per heavy atom. The quantitative estimate of drug-likeness (QED) is 0.679. The van der Waals surface area contributed by atoms with Crippen molar-refractivity contribution in [1.29, 1.82) is 0 Å². The van der Waals surface area contributed by atoms with E-state index in [9.17, 15) is 9.18 Å². The summed E-state index contributed by atoms with van der Waals surface area (Å²) < 4.78 is 13.0. The fraction of sp³-hybridized carbons (Fsp3) is 0.500. The summed E-state index contributed by atoms with van der Waals surface area (Å²) >= 11 is 0. The second-order valence-electron chi connectivity index (χ2n) is 4.21. The Balaban J connectivity index is 2.63. The minimum atomic E-state index is -0.353. The van der Waals surface area contributed by atoms with E-state index in [0.717, 1.165) is 25.9 Å². The van der Waals surface area contributed by atoms with Gasteiger partial charge in [-0.3, -0.25) is 9.69 Å². The van der Waals surface area contributed by atoms with Gasteiger partial charge in [0.1, 0.15) is 5.82 Å². The first-order valence-electron chi connectivity index (χ1n) is 6.18. The molecule has 0 fully saturated rings. The predicted molar refractivity (Wildman–Crippen MR) is 67.8 cm³/mol. The third-order valence-electron chi connectivity index (χ3n) is 2.59. The smallest absolute Gasteiger partial charge is 0.176 e. The number of Topliss-reactive ketones (excluding diaryl/α,β-unsaturated/α-hetero) is 1. The molecule has 1 aromatic carbocycles. The largest absolute Gasteiger partial charge is 0.296 e. The molecule has 0 saturated carbocycles. The van der Waals surface area contributed by atoms with Crippen molar-refractivity contribution >= 4 is 5.78 Å². The van der Waals surface area contributed by atoms with Crippen molar-refractivity contribution in [2.45, 2.75) is 26.7 Å². The van der Waals surface area contributed by atoms with Gasteiger partial charge in [-0.25, -0.2) is 4.39 Å². The molecular formula is C14H20FNO. The van der Waals surface area contributed by atoms with Crippen molar-refractivity contribution in [3.05, 3.63) is 35.6 Å². The van der Waals surface area contributed by atoms with Crippen LogP contribution in [-0.4, -0.2) is 30.3 Å². The number of halogens is 1. The molecule has 0 spiro atoms. The van der Waals surface area contributed by atoms with Gasteiger partial charge in [-0.05, 0) is 38.1 Å². The van der Waals surface area contributed by atoms with Gasteiger partial charge in [-0.15, -0.1) is 0 Å². The summed E-state index contributed by atoms with van der Waals surface area (Å²) in [5, 5.41) is 0. The maximum Gasteiger partial charge on any atom is 0.176 e. The maximum absolute atomic E-state index is 13.0. The molecule has 1 aromatic rings. The molecule has 0 radical (unpaired) electrons. The highest BCUT2D eigenvalue weighted by atomic mass is 19.1. The van der Waals surface area contributed by atoms with Gasteiger partial charge in [0.15, 0.2) is 5.78 Å². The van der Waals surface area contributed by atoms with Crippen molar-refractivity contribution in [2.24, 2.45) is 0 Å². The second kappa shape index (κ2) is 7.17. The van der Waals surface area contributed by atoms with Crippen LogP contribution in [0, 0.1) is 5.82 Å². The zero-order valence-corrected chi connectivity index (χ0v) is 10.6. The van der Waals surface area contributed by atoms with Gasteiger partial charge >= 0.3 is 0 Å². The Morgan fingerprint density at radius 2 is 1.88 bits per heavy atom. The molecule has 0 amide bonds. The molecule has 94 valence electrons. The number of hydrogen-bond donors (Lipinski definition) is 0. The number of carbonyl (C=O) groups is 1. The van der Waals surface area contributed by atoms with E-state index < -0.39 is 0 Å². The highest BCUT2D eigenvalue weighted by molar-refractivity contribution is 5.97. The van der Waals surface area contributed by atoms with Crippen molar-refractivity contribution in [3.63, 3.8) is 0 Å². The van der Waals surface area contributed by atoms with Crippen LogP contribution in [0.3, 0.4) is 0 Å². The molecule has 0 atom stereocenters. The second-order valence-corrected chi connectivity index (χ2v) is 4.21. The van der Waals surface area contributed by atoms with Gasteiger partial charge in [-0.1, -0.05) is 26.0 Å². The number of rotatable bonds is 7. The fourth-order valence-corrected chi connectivity index (χ4v) is 1.86. The first-order valence-corrected chi connectivity index (χ1v) is 6.18. The summed E-state index contributed by atoms with van der Waals surface area (Å²) in [6.45, 7) is 6.39. The lowest BCUT2D eigenvalue weighted by Crippen LogP contribution is -2.31. The topological polar surface area (TPSA) is 20.3 Å². The van der Waals surface area contributed by atoms with Gasteiger partial charge in [0.2, 0.25) is 0 Å². The number of benzene rings is 1. The third-order valence-corrected chi connectivity index (χ3v) is 2.59. The molecule has 0 aliphatic rings. The zero-order valence-electron chi connectivity index (χ0n) is 10.6. The molecule has 0 saturated heterocycles. The summed E-state index contributed by atoms with van der Waals surface area (Å²) in [6.07, 6.45) is 2.05. The van der Waals surface area contributed by atoms with Gasteiger partial charge in [-0.2, -0.15) is 0 Å². The van der Waals surface area contributed by atoms with E-state index in [2.05, 4.69) is 18.7 Å². The van der Waals surface area contributed by atoms with Crippen LogP contribution in [0.2, 0.25) is 0 Å². The lowest BCUT2D eigenvalue weighted by molar-refractivity contribution is 0.0930. The molecule has 1 rings (SSSR count). The Labute approximate surface area is 102 Å². The van der Waals surface area contributed by atoms with Crippen LogP contribution in [0.5, 0.6) is 0 Å². The van der Waals surface area contributed by atoms with Crippen molar-refractivity contribution < 1.29 is 9.18 Å². The minimum absolute atomic E-state index is 0.00796. The molecule has 2 nitrogen and oxygen atoms in total. The predicted octanol–water partition coefficient (Wildman–Crippen LogP) is 3.13. The van der Waals surface area contributed by atoms with Gasteiger partial charge in [0, 0.05) is 5.56 Å². The molecule has 17 heavy (non-hydrogen) atoms. The van der Waals surface area contributed by atoms with E-state index in [0.29, 0.717) is 12.1 Å². The highest BCUT2D eigenvalue weighted by Crippen LogP contribution is 2.06. The summed E-state index contributed by atoms with van der Waals surface area (Å²) in [7, 11) is 0. The number of ketones is 1. The van der Waals surface area contributed by atoms with E-state index in [1.165, 1.54) is 12.1 Å². The third kappa shape index (κ3) is 4.65. The molecule has 0 aromatic heterocycles. The normalized spacial score (nSPS) is 10.8. The average molecular weight is 237 g/mol. The number of hydrogen-bond acceptors (Lipinski definition) is 2. The highest BCUT2D eigenvalue weighted by Gasteiger charge is 2.11. The standard InChI is InChI=1S/C14H20FNO/c1-3-8-16(9-4-2)11-14(17)12-6-5-7-13(15)10-12/h5-7,10H,3-4,8-9,11H2,1-2H3. The molecule has 0 unspecified atom stereocenters. The van der Waals surface area contributed by atoms with Crippen molar-refractivity contribution in [2.75, 3.05) is 19.6 Å². The Bertz CT molecular complexity index is 359. The van der Waals surface area contributed by atoms with E-state index >= 15 is 0 Å². The van der Waals surface area contributed by atoms with Crippen molar-refractivity contribution in [1.82, 2.24) is 4.90 Å². The van der Waals surface area contributed by atoms with E-state index in [1.807, 2.05) is 0 Å². The molecule has 0 aliphatic carbocycles. The van der Waals surface area contributed by atoms with Gasteiger partial charge < -0.3 is 0 Å². The monoisotopic (exact) mass is 237 g/mol. The maximum atomic E-state index is 13.0. The lowest BCUT2D eigenvalue weighted by atomic mass is 10.1. The molecule has 0 N–H and O–H groups in total. The Hall–Kier alpha value is -1.22. The van der Waals surface area contributed by atoms with Crippen LogP contribution in [0.15, 0.2) is 24.3 Å². The zero-order chi connectivity index (χ0) is 12.7. The van der Waals surface area contributed by atoms with E-state index in [4.69, 9.17) is 0 Å². The first kappa shape index (κ1) is 13.8. The summed E-state index contributed by atoms with van der Waals surface area (Å²) in [5.41, 5.74) is 0.460. The summed E-state index contributed by atoms with van der Waals surface area (Å²) in [4.78, 5) is 14.1. The van der Waals surface area contributed by atoms with E-state index in [1.54, 1.807) is 12.1 Å². The molecule has 0 heterocycles. The van der Waals surface area contributed by atoms with Gasteiger partial charge in [0.25, 0.3) is 0 Å². The average Bonchev–Trinajstić information content (AvgIpc) is 2.29. The Morgan fingerprint density at radius 3 is 2.41 bits per heavy atom. The van der Waals surface area contributed by atoms with E-state index in [-0.39, 0.29) is 11.6 Å². The number of carbonyl (C=O) groups excluding carboxylic acids is 1. The molecule has 0 aliphatic heterocycles. The first-order chi connectivity index (χ1) is 8.17. The minimum Gasteiger partial charge on any atom is -0.296 e. The van der Waals surface area contributed by atoms with Gasteiger partial charge in [0.05, 0.1) is 6.54 Å². The SMILES string of the molecule is CCCN(CCC)CC(=O)c1cccc(F)c1. The Kier molecular flexibility index (Phi) is 5.84. The van der Waals surface area contributed by atoms with Crippen LogP contribution in [0.4, 0.5) is 4.39 Å².